The molecular formula is C36H32Cl3N5O4S. The highest BCUT2D eigenvalue weighted by molar-refractivity contribution is 7.98. The first-order chi connectivity index (χ1) is 23.8. The van der Waals surface area contributed by atoms with Crippen molar-refractivity contribution in [1.29, 1.82) is 0 Å². The molecule has 0 aliphatic carbocycles. The van der Waals surface area contributed by atoms with Gasteiger partial charge in [0.15, 0.2) is 11.5 Å². The molecule has 2 heterocycles. The molecule has 2 N–H and O–H groups in total. The summed E-state index contributed by atoms with van der Waals surface area (Å²) in [7, 11) is 1.56. The first kappa shape index (κ1) is 34.5. The minimum atomic E-state index is -0.681. The van der Waals surface area contributed by atoms with Crippen LogP contribution in [0.1, 0.15) is 36.6 Å². The van der Waals surface area contributed by atoms with Crippen LogP contribution in [0.5, 0.6) is 17.2 Å². The quantitative estimate of drug-likeness (QED) is 0.122. The summed E-state index contributed by atoms with van der Waals surface area (Å²) in [6.07, 6.45) is 0. The number of hydrogen-bond acceptors (Lipinski definition) is 8. The molecular weight excluding hydrogens is 705 g/mol. The van der Waals surface area contributed by atoms with Gasteiger partial charge in [-0.3, -0.25) is 4.79 Å². The Hall–Kier alpha value is -4.35. The fourth-order valence-electron chi connectivity index (χ4n) is 5.39. The molecule has 0 bridgehead atoms. The largest absolute Gasteiger partial charge is 0.495 e. The predicted octanol–water partition coefficient (Wildman–Crippen LogP) is 9.44. The van der Waals surface area contributed by atoms with Crippen LogP contribution < -0.4 is 24.8 Å². The van der Waals surface area contributed by atoms with E-state index in [0.29, 0.717) is 78.3 Å². The van der Waals surface area contributed by atoms with Crippen LogP contribution in [0.2, 0.25) is 15.1 Å². The molecule has 1 aliphatic heterocycles. The van der Waals surface area contributed by atoms with E-state index >= 15 is 0 Å². The lowest BCUT2D eigenvalue weighted by molar-refractivity contribution is -0.113. The number of allylic oxidation sites excluding steroid dienone is 1. The SMILES string of the molecule is CCOc1cc(C2C(C(=O)Nc3ccccc3OC)=C(C)Nc3nc(SCc4ccccc4Cl)nn32)ccc1OCc1c(Cl)cccc1Cl. The number of ether oxygens (including phenoxy) is 3. The van der Waals surface area contributed by atoms with Gasteiger partial charge >= 0.3 is 0 Å². The maximum atomic E-state index is 14.2. The number of hydrogen-bond donors (Lipinski definition) is 2. The number of fused-ring (bicyclic) bond motifs is 1. The molecule has 252 valence electrons. The van der Waals surface area contributed by atoms with Gasteiger partial charge in [-0.1, -0.05) is 89.0 Å². The van der Waals surface area contributed by atoms with Crippen molar-refractivity contribution >= 4 is 64.1 Å². The molecule has 1 unspecified atom stereocenters. The zero-order chi connectivity index (χ0) is 34.5. The van der Waals surface area contributed by atoms with Crippen molar-refractivity contribution in [3.63, 3.8) is 0 Å². The van der Waals surface area contributed by atoms with Crippen LogP contribution in [0.25, 0.3) is 0 Å². The minimum absolute atomic E-state index is 0.135. The number of aromatic nitrogens is 3. The minimum Gasteiger partial charge on any atom is -0.495 e. The molecule has 6 rings (SSSR count). The summed E-state index contributed by atoms with van der Waals surface area (Å²) in [5, 5.41) is 13.4. The Morgan fingerprint density at radius 3 is 2.41 bits per heavy atom. The van der Waals surface area contributed by atoms with Gasteiger partial charge in [0.2, 0.25) is 11.1 Å². The van der Waals surface area contributed by atoms with Gasteiger partial charge in [-0.15, -0.1) is 5.10 Å². The first-order valence-electron chi connectivity index (χ1n) is 15.3. The molecule has 49 heavy (non-hydrogen) atoms. The van der Waals surface area contributed by atoms with E-state index in [9.17, 15) is 4.79 Å². The number of halogens is 3. The second-order valence-corrected chi connectivity index (χ2v) is 13.1. The van der Waals surface area contributed by atoms with E-state index in [4.69, 9.17) is 59.1 Å². The van der Waals surface area contributed by atoms with Crippen molar-refractivity contribution in [2.75, 3.05) is 24.4 Å². The van der Waals surface area contributed by atoms with Crippen molar-refractivity contribution in [3.05, 3.63) is 128 Å². The second kappa shape index (κ2) is 15.5. The Morgan fingerprint density at radius 1 is 0.918 bits per heavy atom. The molecule has 9 nitrogen and oxygen atoms in total. The van der Waals surface area contributed by atoms with Gasteiger partial charge in [-0.25, -0.2) is 4.68 Å². The van der Waals surface area contributed by atoms with Gasteiger partial charge in [0.25, 0.3) is 5.91 Å². The van der Waals surface area contributed by atoms with Crippen LogP contribution in [-0.4, -0.2) is 34.4 Å². The van der Waals surface area contributed by atoms with Crippen LogP contribution in [0.3, 0.4) is 0 Å². The standard InChI is InChI=1S/C36H32Cl3N5O4S/c1-4-47-31-18-22(16-17-30(31)48-19-24-26(38)12-9-13-27(24)39)33-32(34(45)41-28-14-7-8-15-29(28)46-3)21(2)40-35-42-36(43-44(33)35)49-20-23-10-5-6-11-25(23)37/h5-18,33H,4,19-20H2,1-3H3,(H,41,45)(H,40,42,43). The Labute approximate surface area is 303 Å². The zero-order valence-electron chi connectivity index (χ0n) is 26.8. The summed E-state index contributed by atoms with van der Waals surface area (Å²) in [5.74, 6) is 2.23. The van der Waals surface area contributed by atoms with Crippen molar-refractivity contribution in [3.8, 4) is 17.2 Å². The highest BCUT2D eigenvalue weighted by Gasteiger charge is 2.35. The second-order valence-electron chi connectivity index (χ2n) is 10.9. The van der Waals surface area contributed by atoms with Gasteiger partial charge in [0, 0.05) is 32.1 Å². The number of amides is 1. The number of anilines is 2. The number of rotatable bonds is 12. The number of carbonyl (C=O) groups is 1. The Morgan fingerprint density at radius 2 is 1.65 bits per heavy atom. The normalized spacial score (nSPS) is 13.8. The van der Waals surface area contributed by atoms with E-state index in [0.717, 1.165) is 11.1 Å². The smallest absolute Gasteiger partial charge is 0.255 e. The molecule has 1 aromatic heterocycles. The van der Waals surface area contributed by atoms with Crippen LogP contribution in [0.15, 0.2) is 101 Å². The lowest BCUT2D eigenvalue weighted by atomic mass is 9.94. The molecule has 0 saturated carbocycles. The Balaban J connectivity index is 1.38. The van der Waals surface area contributed by atoms with Crippen LogP contribution >= 0.6 is 46.6 Å². The van der Waals surface area contributed by atoms with Crippen molar-refractivity contribution in [2.24, 2.45) is 0 Å². The third-order valence-electron chi connectivity index (χ3n) is 7.76. The van der Waals surface area contributed by atoms with Crippen molar-refractivity contribution in [2.45, 2.75) is 37.4 Å². The molecule has 0 spiro atoms. The van der Waals surface area contributed by atoms with E-state index in [2.05, 4.69) is 10.6 Å². The van der Waals surface area contributed by atoms with Gasteiger partial charge < -0.3 is 24.8 Å². The summed E-state index contributed by atoms with van der Waals surface area (Å²) in [5.41, 5.74) is 3.95. The fraction of sp³-hybridized carbons (Fsp3) is 0.194. The third-order valence-corrected chi connectivity index (χ3v) is 9.73. The summed E-state index contributed by atoms with van der Waals surface area (Å²) < 4.78 is 19.4. The van der Waals surface area contributed by atoms with E-state index in [1.807, 2.05) is 68.4 Å². The summed E-state index contributed by atoms with van der Waals surface area (Å²) in [6.45, 7) is 4.25. The molecule has 0 radical (unpaired) electrons. The molecule has 1 atom stereocenters. The van der Waals surface area contributed by atoms with Gasteiger partial charge in [0.1, 0.15) is 18.4 Å². The lowest BCUT2D eigenvalue weighted by Gasteiger charge is -2.29. The Kier molecular flexibility index (Phi) is 10.9. The Bertz CT molecular complexity index is 2020. The predicted molar refractivity (Wildman–Crippen MR) is 196 cm³/mol. The molecule has 1 amide bonds. The number of para-hydroxylation sites is 2. The number of thioether (sulfide) groups is 1. The molecule has 0 fully saturated rings. The number of methoxy groups -OCH3 is 1. The third kappa shape index (κ3) is 7.63. The highest BCUT2D eigenvalue weighted by Crippen LogP contribution is 2.41. The number of carbonyl (C=O) groups excluding carboxylic acids is 1. The van der Waals surface area contributed by atoms with E-state index in [-0.39, 0.29) is 12.5 Å². The van der Waals surface area contributed by atoms with E-state index in [1.54, 1.807) is 42.1 Å². The highest BCUT2D eigenvalue weighted by atomic mass is 35.5. The number of benzene rings is 4. The lowest BCUT2D eigenvalue weighted by Crippen LogP contribution is -2.31. The van der Waals surface area contributed by atoms with Crippen LogP contribution in [-0.2, 0) is 17.2 Å². The van der Waals surface area contributed by atoms with Crippen LogP contribution in [0, 0.1) is 0 Å². The molecule has 5 aromatic rings. The molecule has 4 aromatic carbocycles. The summed E-state index contributed by atoms with van der Waals surface area (Å²) >= 11 is 20.7. The average molecular weight is 737 g/mol. The van der Waals surface area contributed by atoms with E-state index in [1.165, 1.54) is 11.8 Å². The van der Waals surface area contributed by atoms with Gasteiger partial charge in [-0.2, -0.15) is 4.98 Å². The van der Waals surface area contributed by atoms with Gasteiger partial charge in [0.05, 0.1) is 25.0 Å². The number of nitrogens with zero attached hydrogens (tertiary/aromatic N) is 3. The van der Waals surface area contributed by atoms with Crippen molar-refractivity contribution < 1.29 is 19.0 Å². The van der Waals surface area contributed by atoms with Crippen molar-refractivity contribution in [1.82, 2.24) is 14.8 Å². The molecule has 1 aliphatic rings. The van der Waals surface area contributed by atoms with Crippen LogP contribution in [0.4, 0.5) is 11.6 Å². The zero-order valence-corrected chi connectivity index (χ0v) is 29.9. The molecule has 0 saturated heterocycles. The first-order valence-corrected chi connectivity index (χ1v) is 17.5. The number of nitrogens with one attached hydrogen (secondary N) is 2. The molecule has 13 heteroatoms. The van der Waals surface area contributed by atoms with E-state index < -0.39 is 6.04 Å². The maximum absolute atomic E-state index is 14.2. The fourth-order valence-corrected chi connectivity index (χ4v) is 7.01. The summed E-state index contributed by atoms with van der Waals surface area (Å²) in [4.78, 5) is 18.9. The van der Waals surface area contributed by atoms with Gasteiger partial charge in [-0.05, 0) is 67.4 Å². The average Bonchev–Trinajstić information content (AvgIpc) is 3.50. The monoisotopic (exact) mass is 735 g/mol. The maximum Gasteiger partial charge on any atom is 0.255 e. The topological polar surface area (TPSA) is 99.5 Å². The summed E-state index contributed by atoms with van der Waals surface area (Å²) in [6, 6.07) is 25.1.